The standard InChI is InChI=1S/C26H32FN7O4SSi/c1-40(2,3)11-10-37-18-33-16-29-24(31-33)21-6-4-20(5-7-21)23-9-8-22(39-23)14-32-17-30-34(26(32)36)13-19(12-27)15-38-25(28)35/h4-9,12,16-17H,10-11,13-15,18H2,1-3H3,(H2,28,35)/b19-12+. The van der Waals surface area contributed by atoms with Crippen molar-refractivity contribution in [1.29, 1.82) is 0 Å². The van der Waals surface area contributed by atoms with Crippen LogP contribution in [0.5, 0.6) is 0 Å². The molecule has 11 nitrogen and oxygen atoms in total. The summed E-state index contributed by atoms with van der Waals surface area (Å²) in [5.41, 5.74) is 6.49. The SMILES string of the molecule is C[Si](C)(C)CCOCn1cnc(-c2ccc(-c3ccc(Cn4cnn(C/C(=C\F)COC(N)=O)c4=O)s3)cc2)n1. The number of hydrogen-bond acceptors (Lipinski definition) is 8. The fraction of sp³-hybridized carbons (Fsp3) is 0.346. The molecule has 0 saturated heterocycles. The van der Waals surface area contributed by atoms with Crippen molar-refractivity contribution in [3.63, 3.8) is 0 Å². The van der Waals surface area contributed by atoms with Crippen LogP contribution >= 0.6 is 11.3 Å². The van der Waals surface area contributed by atoms with E-state index in [4.69, 9.17) is 10.5 Å². The van der Waals surface area contributed by atoms with Crippen molar-refractivity contribution in [2.75, 3.05) is 13.2 Å². The molecule has 0 atom stereocenters. The molecule has 0 saturated carbocycles. The van der Waals surface area contributed by atoms with Crippen LogP contribution in [0.15, 0.2) is 65.8 Å². The lowest BCUT2D eigenvalue weighted by Gasteiger charge is -2.15. The zero-order valence-electron chi connectivity index (χ0n) is 22.6. The molecule has 0 radical (unpaired) electrons. The topological polar surface area (TPSA) is 132 Å². The number of nitrogens with zero attached hydrogens (tertiary/aromatic N) is 6. The van der Waals surface area contributed by atoms with E-state index in [1.807, 2.05) is 36.4 Å². The molecule has 3 aromatic heterocycles. The van der Waals surface area contributed by atoms with Gasteiger partial charge in [-0.1, -0.05) is 43.9 Å². The van der Waals surface area contributed by atoms with Gasteiger partial charge < -0.3 is 15.2 Å². The molecule has 0 unspecified atom stereocenters. The number of aromatic nitrogens is 6. The fourth-order valence-electron chi connectivity index (χ4n) is 3.65. The zero-order chi connectivity index (χ0) is 28.7. The first-order valence-corrected chi connectivity index (χ1v) is 17.1. The predicted molar refractivity (Wildman–Crippen MR) is 153 cm³/mol. The molecule has 0 aliphatic rings. The molecule has 2 N–H and O–H groups in total. The Labute approximate surface area is 235 Å². The van der Waals surface area contributed by atoms with Crippen molar-refractivity contribution in [2.24, 2.45) is 5.73 Å². The van der Waals surface area contributed by atoms with Gasteiger partial charge >= 0.3 is 11.8 Å². The fourth-order valence-corrected chi connectivity index (χ4v) is 5.42. The highest BCUT2D eigenvalue weighted by atomic mass is 32.1. The second-order valence-electron chi connectivity index (χ2n) is 10.4. The van der Waals surface area contributed by atoms with E-state index in [0.29, 0.717) is 19.1 Å². The Kier molecular flexibility index (Phi) is 9.45. The van der Waals surface area contributed by atoms with E-state index >= 15 is 0 Å². The van der Waals surface area contributed by atoms with Crippen LogP contribution in [0.1, 0.15) is 4.88 Å². The summed E-state index contributed by atoms with van der Waals surface area (Å²) >= 11 is 1.56. The molecule has 0 bridgehead atoms. The maximum atomic E-state index is 13.1. The van der Waals surface area contributed by atoms with Gasteiger partial charge in [-0.2, -0.15) is 5.10 Å². The lowest BCUT2D eigenvalue weighted by atomic mass is 10.1. The Morgan fingerprint density at radius 2 is 1.88 bits per heavy atom. The highest BCUT2D eigenvalue weighted by Gasteiger charge is 2.13. The zero-order valence-corrected chi connectivity index (χ0v) is 24.4. The average molecular weight is 586 g/mol. The molecule has 4 aromatic rings. The normalized spacial score (nSPS) is 12.2. The van der Waals surface area contributed by atoms with Crippen LogP contribution in [0.25, 0.3) is 21.8 Å². The van der Waals surface area contributed by atoms with Gasteiger partial charge in [-0.15, -0.1) is 16.4 Å². The molecular formula is C26H32FN7O4SSi. The van der Waals surface area contributed by atoms with Gasteiger partial charge in [0.05, 0.1) is 19.4 Å². The van der Waals surface area contributed by atoms with Gasteiger partial charge in [-0.25, -0.2) is 28.3 Å². The Morgan fingerprint density at radius 3 is 2.58 bits per heavy atom. The molecule has 0 spiro atoms. The Hall–Kier alpha value is -3.88. The molecule has 1 amide bonds. The largest absolute Gasteiger partial charge is 0.445 e. The van der Waals surface area contributed by atoms with Crippen molar-refractivity contribution in [2.45, 2.75) is 45.5 Å². The molecule has 212 valence electrons. The molecule has 0 fully saturated rings. The van der Waals surface area contributed by atoms with Gasteiger partial charge in [0.2, 0.25) is 0 Å². The molecule has 0 aliphatic carbocycles. The number of benzene rings is 1. The minimum atomic E-state index is -1.13. The van der Waals surface area contributed by atoms with Crippen LogP contribution in [0, 0.1) is 0 Å². The third kappa shape index (κ3) is 8.06. The second-order valence-corrected chi connectivity index (χ2v) is 17.2. The summed E-state index contributed by atoms with van der Waals surface area (Å²) in [5.74, 6) is 0.635. The van der Waals surface area contributed by atoms with Crippen LogP contribution in [0.2, 0.25) is 25.7 Å². The number of rotatable bonds is 13. The number of amides is 1. The van der Waals surface area contributed by atoms with E-state index in [-0.39, 0.29) is 25.1 Å². The molecule has 4 rings (SSSR count). The number of hydrogen-bond donors (Lipinski definition) is 1. The maximum Gasteiger partial charge on any atom is 0.404 e. The van der Waals surface area contributed by atoms with E-state index in [0.717, 1.165) is 38.2 Å². The Balaban J connectivity index is 1.35. The summed E-state index contributed by atoms with van der Waals surface area (Å²) in [6, 6.07) is 13.0. The average Bonchev–Trinajstić information content (AvgIpc) is 3.66. The van der Waals surface area contributed by atoms with Crippen molar-refractivity contribution < 1.29 is 18.7 Å². The molecule has 14 heteroatoms. The van der Waals surface area contributed by atoms with E-state index in [1.165, 1.54) is 10.9 Å². The minimum Gasteiger partial charge on any atom is -0.445 e. The lowest BCUT2D eigenvalue weighted by molar-refractivity contribution is 0.0785. The van der Waals surface area contributed by atoms with E-state index in [2.05, 4.69) is 39.6 Å². The summed E-state index contributed by atoms with van der Waals surface area (Å²) in [5, 5.41) is 8.56. The van der Waals surface area contributed by atoms with Gasteiger partial charge in [0.1, 0.15) is 26.0 Å². The number of ether oxygens (including phenoxy) is 2. The number of carbonyl (C=O) groups excluding carboxylic acids is 1. The van der Waals surface area contributed by atoms with E-state index in [1.54, 1.807) is 22.3 Å². The number of halogens is 1. The Morgan fingerprint density at radius 1 is 1.12 bits per heavy atom. The maximum absolute atomic E-state index is 13.1. The minimum absolute atomic E-state index is 0.0563. The second kappa shape index (κ2) is 13.0. The van der Waals surface area contributed by atoms with E-state index in [9.17, 15) is 14.0 Å². The highest BCUT2D eigenvalue weighted by Crippen LogP contribution is 2.30. The van der Waals surface area contributed by atoms with Crippen molar-refractivity contribution in [3.8, 4) is 21.8 Å². The molecule has 0 aliphatic heterocycles. The van der Waals surface area contributed by atoms with Gasteiger partial charge in [0.15, 0.2) is 5.82 Å². The third-order valence-corrected chi connectivity index (χ3v) is 8.70. The first kappa shape index (κ1) is 29.1. The van der Waals surface area contributed by atoms with Crippen LogP contribution in [0.4, 0.5) is 9.18 Å². The van der Waals surface area contributed by atoms with Gasteiger partial charge in [-0.05, 0) is 23.7 Å². The Bertz CT molecular complexity index is 1520. The van der Waals surface area contributed by atoms with Crippen LogP contribution in [-0.2, 0) is 29.3 Å². The number of carbonyl (C=O) groups is 1. The number of primary amides is 1. The third-order valence-electron chi connectivity index (χ3n) is 5.88. The smallest absolute Gasteiger partial charge is 0.404 e. The predicted octanol–water partition coefficient (Wildman–Crippen LogP) is 4.34. The summed E-state index contributed by atoms with van der Waals surface area (Å²) in [6.45, 7) is 7.87. The summed E-state index contributed by atoms with van der Waals surface area (Å²) in [7, 11) is -1.13. The van der Waals surface area contributed by atoms with Crippen LogP contribution < -0.4 is 11.4 Å². The lowest BCUT2D eigenvalue weighted by Crippen LogP contribution is -2.26. The quantitative estimate of drug-likeness (QED) is 0.182. The van der Waals surface area contributed by atoms with Crippen molar-refractivity contribution in [1.82, 2.24) is 29.1 Å². The molecule has 40 heavy (non-hydrogen) atoms. The number of thiophene rings is 1. The van der Waals surface area contributed by atoms with Gasteiger partial charge in [0, 0.05) is 35.6 Å². The number of nitrogens with two attached hydrogens (primary N) is 1. The summed E-state index contributed by atoms with van der Waals surface area (Å²) < 4.78 is 27.7. The van der Waals surface area contributed by atoms with Crippen molar-refractivity contribution in [3.05, 3.63) is 76.3 Å². The van der Waals surface area contributed by atoms with Crippen LogP contribution in [0.3, 0.4) is 0 Å². The summed E-state index contributed by atoms with van der Waals surface area (Å²) in [6.07, 6.45) is 2.32. The van der Waals surface area contributed by atoms with Gasteiger partial charge in [-0.3, -0.25) is 4.57 Å². The summed E-state index contributed by atoms with van der Waals surface area (Å²) in [4.78, 5) is 29.8. The molecular weight excluding hydrogens is 553 g/mol. The van der Waals surface area contributed by atoms with Gasteiger partial charge in [0.25, 0.3) is 0 Å². The van der Waals surface area contributed by atoms with E-state index < -0.39 is 19.9 Å². The highest BCUT2D eigenvalue weighted by molar-refractivity contribution is 7.15. The molecule has 3 heterocycles. The first-order chi connectivity index (χ1) is 19.1. The van der Waals surface area contributed by atoms with Crippen LogP contribution in [-0.4, -0.2) is 56.5 Å². The first-order valence-electron chi connectivity index (χ1n) is 12.6. The monoisotopic (exact) mass is 585 g/mol. The molecule has 1 aromatic carbocycles. The van der Waals surface area contributed by atoms with Crippen molar-refractivity contribution >= 4 is 25.5 Å².